The van der Waals surface area contributed by atoms with Crippen LogP contribution in [0.3, 0.4) is 0 Å². The van der Waals surface area contributed by atoms with Crippen molar-refractivity contribution in [3.05, 3.63) is 59.7 Å². The molecule has 0 fully saturated rings. The zero-order valence-electron chi connectivity index (χ0n) is 10.8. The topological polar surface area (TPSA) is 39.5 Å². The van der Waals surface area contributed by atoms with Crippen LogP contribution < -0.4 is 4.90 Å². The number of nitrogens with one attached hydrogen (secondary N) is 1. The minimum absolute atomic E-state index is 0.468. The molecule has 3 rings (SSSR count). The minimum Gasteiger partial charge on any atom is -0.341 e. The van der Waals surface area contributed by atoms with E-state index in [2.05, 4.69) is 52.5 Å². The lowest BCUT2D eigenvalue weighted by Gasteiger charge is -2.31. The van der Waals surface area contributed by atoms with Crippen LogP contribution in [0.1, 0.15) is 17.5 Å². The Hall–Kier alpha value is -2.16. The molecule has 0 unspecified atom stereocenters. The molecule has 19 heavy (non-hydrogen) atoms. The standard InChI is InChI=1S/C16H17N3/c17-18-12-13-8-9-14-5-4-10-19(16(14)11-13)15-6-2-1-3-7-15/h1-3,6-9,11,17H,4-5,10,12H2. The van der Waals surface area contributed by atoms with Gasteiger partial charge in [-0.05, 0) is 42.2 Å². The summed E-state index contributed by atoms with van der Waals surface area (Å²) in [6.07, 6.45) is 2.32. The van der Waals surface area contributed by atoms with Crippen LogP contribution in [-0.2, 0) is 13.0 Å². The Morgan fingerprint density at radius 3 is 2.74 bits per heavy atom. The normalized spacial score (nSPS) is 14.0. The average molecular weight is 251 g/mol. The molecular formula is C16H17N3. The van der Waals surface area contributed by atoms with E-state index in [1.165, 1.54) is 23.4 Å². The van der Waals surface area contributed by atoms with Crippen molar-refractivity contribution in [3.63, 3.8) is 0 Å². The largest absolute Gasteiger partial charge is 0.341 e. The van der Waals surface area contributed by atoms with Gasteiger partial charge in [0.1, 0.15) is 0 Å². The number of para-hydroxylation sites is 1. The first kappa shape index (κ1) is 11.9. The lowest BCUT2D eigenvalue weighted by atomic mass is 9.99. The molecule has 96 valence electrons. The molecule has 0 saturated heterocycles. The van der Waals surface area contributed by atoms with Crippen molar-refractivity contribution < 1.29 is 0 Å². The van der Waals surface area contributed by atoms with Crippen LogP contribution in [-0.4, -0.2) is 6.54 Å². The molecular weight excluding hydrogens is 234 g/mol. The van der Waals surface area contributed by atoms with Gasteiger partial charge in [0.05, 0.1) is 6.54 Å². The van der Waals surface area contributed by atoms with Gasteiger partial charge in [-0.1, -0.05) is 30.3 Å². The fraction of sp³-hybridized carbons (Fsp3) is 0.250. The molecule has 1 aliphatic rings. The van der Waals surface area contributed by atoms with Gasteiger partial charge < -0.3 is 4.90 Å². The predicted molar refractivity (Wildman–Crippen MR) is 77.1 cm³/mol. The molecule has 0 aliphatic carbocycles. The summed E-state index contributed by atoms with van der Waals surface area (Å²) in [5.74, 6) is 0. The van der Waals surface area contributed by atoms with E-state index in [1.807, 2.05) is 6.07 Å². The van der Waals surface area contributed by atoms with Crippen LogP contribution in [0, 0.1) is 5.53 Å². The Labute approximate surface area is 113 Å². The summed E-state index contributed by atoms with van der Waals surface area (Å²) < 4.78 is 0. The molecule has 1 heterocycles. The highest BCUT2D eigenvalue weighted by molar-refractivity contribution is 5.68. The molecule has 0 saturated carbocycles. The summed E-state index contributed by atoms with van der Waals surface area (Å²) in [7, 11) is 0. The second-order valence-electron chi connectivity index (χ2n) is 4.87. The van der Waals surface area contributed by atoms with Gasteiger partial charge in [0.25, 0.3) is 0 Å². The van der Waals surface area contributed by atoms with Crippen molar-refractivity contribution >= 4 is 11.4 Å². The molecule has 0 spiro atoms. The number of rotatable bonds is 3. The first-order chi connectivity index (χ1) is 9.38. The summed E-state index contributed by atoms with van der Waals surface area (Å²) in [6, 6.07) is 17.0. The number of aryl methyl sites for hydroxylation is 1. The van der Waals surface area contributed by atoms with Crippen molar-refractivity contribution in [2.75, 3.05) is 11.4 Å². The molecule has 2 aromatic rings. The van der Waals surface area contributed by atoms with Gasteiger partial charge in [0.15, 0.2) is 0 Å². The fourth-order valence-corrected chi connectivity index (χ4v) is 2.69. The fourth-order valence-electron chi connectivity index (χ4n) is 2.69. The summed E-state index contributed by atoms with van der Waals surface area (Å²) in [6.45, 7) is 1.52. The maximum absolute atomic E-state index is 7.01. The van der Waals surface area contributed by atoms with Gasteiger partial charge >= 0.3 is 0 Å². The van der Waals surface area contributed by atoms with Crippen molar-refractivity contribution in [2.45, 2.75) is 19.4 Å². The van der Waals surface area contributed by atoms with Crippen molar-refractivity contribution in [3.8, 4) is 0 Å². The van der Waals surface area contributed by atoms with Gasteiger partial charge in [-0.15, -0.1) is 0 Å². The zero-order valence-corrected chi connectivity index (χ0v) is 10.8. The van der Waals surface area contributed by atoms with Crippen LogP contribution >= 0.6 is 0 Å². The summed E-state index contributed by atoms with van der Waals surface area (Å²) in [5.41, 5.74) is 12.0. The van der Waals surface area contributed by atoms with E-state index in [0.29, 0.717) is 6.54 Å². The van der Waals surface area contributed by atoms with E-state index in [0.717, 1.165) is 18.5 Å². The van der Waals surface area contributed by atoms with Crippen molar-refractivity contribution in [1.29, 1.82) is 5.53 Å². The molecule has 0 aromatic heterocycles. The molecule has 0 bridgehead atoms. The van der Waals surface area contributed by atoms with Crippen LogP contribution in [0.5, 0.6) is 0 Å². The van der Waals surface area contributed by atoms with Gasteiger partial charge in [0, 0.05) is 17.9 Å². The first-order valence-electron chi connectivity index (χ1n) is 6.66. The molecule has 0 amide bonds. The minimum atomic E-state index is 0.468. The second-order valence-corrected chi connectivity index (χ2v) is 4.87. The van der Waals surface area contributed by atoms with E-state index in [9.17, 15) is 0 Å². The van der Waals surface area contributed by atoms with Crippen molar-refractivity contribution in [2.24, 2.45) is 5.11 Å². The molecule has 0 radical (unpaired) electrons. The lowest BCUT2D eigenvalue weighted by Crippen LogP contribution is -2.24. The summed E-state index contributed by atoms with van der Waals surface area (Å²) in [5, 5.41) is 3.48. The van der Waals surface area contributed by atoms with Crippen LogP contribution in [0.2, 0.25) is 0 Å². The third-order valence-corrected chi connectivity index (χ3v) is 3.60. The highest BCUT2D eigenvalue weighted by Crippen LogP contribution is 2.34. The molecule has 1 N–H and O–H groups in total. The number of fused-ring (bicyclic) bond motifs is 1. The molecule has 1 aliphatic heterocycles. The number of benzene rings is 2. The number of hydrogen-bond donors (Lipinski definition) is 1. The Morgan fingerprint density at radius 1 is 1.11 bits per heavy atom. The molecule has 0 atom stereocenters. The monoisotopic (exact) mass is 251 g/mol. The van der Waals surface area contributed by atoms with E-state index < -0.39 is 0 Å². The highest BCUT2D eigenvalue weighted by atomic mass is 15.1. The Bertz CT molecular complexity index is 578. The SMILES string of the molecule is N=NCc1ccc2c(c1)N(c1ccccc1)CCC2. The van der Waals surface area contributed by atoms with Gasteiger partial charge in [-0.25, -0.2) is 5.53 Å². The van der Waals surface area contributed by atoms with Crippen molar-refractivity contribution in [1.82, 2.24) is 0 Å². The molecule has 2 aromatic carbocycles. The Morgan fingerprint density at radius 2 is 1.95 bits per heavy atom. The maximum atomic E-state index is 7.01. The van der Waals surface area contributed by atoms with E-state index >= 15 is 0 Å². The second kappa shape index (κ2) is 5.22. The lowest BCUT2D eigenvalue weighted by molar-refractivity contribution is 0.764. The average Bonchev–Trinajstić information content (AvgIpc) is 2.48. The van der Waals surface area contributed by atoms with Crippen LogP contribution in [0.25, 0.3) is 0 Å². The Kier molecular flexibility index (Phi) is 3.27. The van der Waals surface area contributed by atoms with Crippen LogP contribution in [0.15, 0.2) is 53.6 Å². The summed E-state index contributed by atoms with van der Waals surface area (Å²) >= 11 is 0. The maximum Gasteiger partial charge on any atom is 0.0847 e. The van der Waals surface area contributed by atoms with E-state index in [1.54, 1.807) is 0 Å². The number of anilines is 2. The first-order valence-corrected chi connectivity index (χ1v) is 6.66. The van der Waals surface area contributed by atoms with Gasteiger partial charge in [-0.2, -0.15) is 5.11 Å². The Balaban J connectivity index is 2.02. The van der Waals surface area contributed by atoms with E-state index in [-0.39, 0.29) is 0 Å². The third kappa shape index (κ3) is 2.36. The highest BCUT2D eigenvalue weighted by Gasteiger charge is 2.18. The molecule has 3 heteroatoms. The van der Waals surface area contributed by atoms with Gasteiger partial charge in [-0.3, -0.25) is 0 Å². The number of hydrogen-bond acceptors (Lipinski definition) is 3. The summed E-state index contributed by atoms with van der Waals surface area (Å²) in [4.78, 5) is 2.37. The predicted octanol–water partition coefficient (Wildman–Crippen LogP) is 4.30. The van der Waals surface area contributed by atoms with Crippen LogP contribution in [0.4, 0.5) is 11.4 Å². The zero-order chi connectivity index (χ0) is 13.1. The van der Waals surface area contributed by atoms with E-state index in [4.69, 9.17) is 5.53 Å². The molecule has 3 nitrogen and oxygen atoms in total. The number of nitrogens with zero attached hydrogens (tertiary/aromatic N) is 2. The third-order valence-electron chi connectivity index (χ3n) is 3.60. The smallest absolute Gasteiger partial charge is 0.0847 e. The quantitative estimate of drug-likeness (QED) is 0.811. The van der Waals surface area contributed by atoms with Gasteiger partial charge in [0.2, 0.25) is 0 Å².